The average Bonchev–Trinajstić information content (AvgIpc) is 2.68. The van der Waals surface area contributed by atoms with E-state index in [1.54, 1.807) is 26.0 Å². The first-order chi connectivity index (χ1) is 13.0. The van der Waals surface area contributed by atoms with Gasteiger partial charge in [0.05, 0.1) is 0 Å². The van der Waals surface area contributed by atoms with E-state index in [9.17, 15) is 4.79 Å². The number of aliphatic imine (C=N–C) groups is 1. The molecular formula is C21H34IN5O. The predicted molar refractivity (Wildman–Crippen MR) is 128 cm³/mol. The number of likely N-dealkylation sites (tertiary alicyclic amines) is 1. The molecule has 1 aromatic rings. The van der Waals surface area contributed by atoms with Crippen LogP contribution < -0.4 is 10.6 Å². The molecule has 1 amide bonds. The van der Waals surface area contributed by atoms with Crippen molar-refractivity contribution < 1.29 is 4.79 Å². The fourth-order valence-electron chi connectivity index (χ4n) is 3.27. The molecule has 1 heterocycles. The van der Waals surface area contributed by atoms with Gasteiger partial charge in [-0.05, 0) is 37.0 Å². The number of carbonyl (C=O) groups excluding carboxylic acids is 1. The zero-order valence-electron chi connectivity index (χ0n) is 17.3. The number of benzene rings is 1. The Morgan fingerprint density at radius 3 is 2.68 bits per heavy atom. The van der Waals surface area contributed by atoms with Gasteiger partial charge in [-0.15, -0.1) is 30.6 Å². The molecule has 0 saturated carbocycles. The summed E-state index contributed by atoms with van der Waals surface area (Å²) in [6.07, 6.45) is 5.04. The van der Waals surface area contributed by atoms with Gasteiger partial charge < -0.3 is 15.5 Å². The van der Waals surface area contributed by atoms with Crippen LogP contribution in [0.4, 0.5) is 0 Å². The van der Waals surface area contributed by atoms with Crippen LogP contribution in [0.3, 0.4) is 0 Å². The van der Waals surface area contributed by atoms with Gasteiger partial charge in [0.15, 0.2) is 5.96 Å². The van der Waals surface area contributed by atoms with Crippen LogP contribution in [0, 0.1) is 0 Å². The van der Waals surface area contributed by atoms with E-state index in [0.717, 1.165) is 62.5 Å². The van der Waals surface area contributed by atoms with Gasteiger partial charge in [0, 0.05) is 58.9 Å². The Kier molecular flexibility index (Phi) is 11.1. The fraction of sp³-hybridized carbons (Fsp3) is 0.524. The first-order valence-electron chi connectivity index (χ1n) is 9.64. The smallest absolute Gasteiger partial charge is 0.253 e. The lowest BCUT2D eigenvalue weighted by atomic mass is 10.1. The summed E-state index contributed by atoms with van der Waals surface area (Å²) in [7, 11) is 5.35. The van der Waals surface area contributed by atoms with E-state index in [-0.39, 0.29) is 29.9 Å². The molecule has 0 aromatic heterocycles. The van der Waals surface area contributed by atoms with E-state index in [1.165, 1.54) is 0 Å². The van der Waals surface area contributed by atoms with Crippen LogP contribution in [0.25, 0.3) is 0 Å². The van der Waals surface area contributed by atoms with E-state index in [1.807, 2.05) is 24.3 Å². The molecule has 0 spiro atoms. The fourth-order valence-corrected chi connectivity index (χ4v) is 3.27. The number of nitrogens with one attached hydrogen (secondary N) is 2. The summed E-state index contributed by atoms with van der Waals surface area (Å²) < 4.78 is 0. The van der Waals surface area contributed by atoms with Crippen LogP contribution in [0.5, 0.6) is 0 Å². The Bertz CT molecular complexity index is 654. The van der Waals surface area contributed by atoms with Crippen molar-refractivity contribution in [2.75, 3.05) is 47.3 Å². The minimum Gasteiger partial charge on any atom is -0.356 e. The number of rotatable bonds is 7. The highest BCUT2D eigenvalue weighted by Gasteiger charge is 2.19. The number of amides is 1. The number of hydrogen-bond acceptors (Lipinski definition) is 3. The van der Waals surface area contributed by atoms with Crippen molar-refractivity contribution in [1.29, 1.82) is 0 Å². The van der Waals surface area contributed by atoms with Gasteiger partial charge >= 0.3 is 0 Å². The lowest BCUT2D eigenvalue weighted by Gasteiger charge is -2.32. The second-order valence-corrected chi connectivity index (χ2v) is 7.16. The molecule has 1 aliphatic heterocycles. The Balaban J connectivity index is 0.00000392. The van der Waals surface area contributed by atoms with E-state index >= 15 is 0 Å². The number of halogens is 1. The monoisotopic (exact) mass is 499 g/mol. The van der Waals surface area contributed by atoms with Crippen LogP contribution >= 0.6 is 24.0 Å². The van der Waals surface area contributed by atoms with Gasteiger partial charge in [0.25, 0.3) is 5.91 Å². The normalized spacial score (nSPS) is 15.5. The molecule has 1 aromatic carbocycles. The van der Waals surface area contributed by atoms with Crippen molar-refractivity contribution in [3.63, 3.8) is 0 Å². The van der Waals surface area contributed by atoms with Gasteiger partial charge in [-0.2, -0.15) is 0 Å². The van der Waals surface area contributed by atoms with Gasteiger partial charge in [0.1, 0.15) is 0 Å². The van der Waals surface area contributed by atoms with Gasteiger partial charge in [-0.25, -0.2) is 0 Å². The topological polar surface area (TPSA) is 60.0 Å². The third-order valence-corrected chi connectivity index (χ3v) is 4.83. The Hall–Kier alpha value is -1.61. The highest BCUT2D eigenvalue weighted by Crippen LogP contribution is 2.10. The maximum atomic E-state index is 12.1. The molecule has 1 fully saturated rings. The average molecular weight is 499 g/mol. The highest BCUT2D eigenvalue weighted by molar-refractivity contribution is 14.0. The SMILES string of the molecule is C=CCN1CCC(NC(=NC)NCCc2cccc(C(=O)N(C)C)c2)CC1.I. The van der Waals surface area contributed by atoms with Crippen LogP contribution in [0.2, 0.25) is 0 Å². The maximum absolute atomic E-state index is 12.1. The van der Waals surface area contributed by atoms with Crippen LogP contribution in [0.1, 0.15) is 28.8 Å². The van der Waals surface area contributed by atoms with Gasteiger partial charge in [-0.3, -0.25) is 14.7 Å². The van der Waals surface area contributed by atoms with Crippen LogP contribution in [-0.2, 0) is 6.42 Å². The van der Waals surface area contributed by atoms with Crippen molar-refractivity contribution in [1.82, 2.24) is 20.4 Å². The van der Waals surface area contributed by atoms with E-state index in [0.29, 0.717) is 6.04 Å². The first kappa shape index (κ1) is 24.4. The van der Waals surface area contributed by atoms with Crippen LogP contribution in [-0.4, -0.2) is 75.0 Å². The van der Waals surface area contributed by atoms with Crippen molar-refractivity contribution in [2.24, 2.45) is 4.99 Å². The summed E-state index contributed by atoms with van der Waals surface area (Å²) in [5.41, 5.74) is 1.87. The van der Waals surface area contributed by atoms with Gasteiger partial charge in [-0.1, -0.05) is 18.2 Å². The summed E-state index contributed by atoms with van der Waals surface area (Å²) in [4.78, 5) is 20.4. The Morgan fingerprint density at radius 2 is 2.07 bits per heavy atom. The van der Waals surface area contributed by atoms with Crippen molar-refractivity contribution >= 4 is 35.8 Å². The molecule has 0 radical (unpaired) electrons. The Morgan fingerprint density at radius 1 is 1.36 bits per heavy atom. The lowest BCUT2D eigenvalue weighted by Crippen LogP contribution is -2.49. The highest BCUT2D eigenvalue weighted by atomic mass is 127. The Labute approximate surface area is 186 Å². The number of carbonyl (C=O) groups is 1. The number of hydrogen-bond donors (Lipinski definition) is 2. The largest absolute Gasteiger partial charge is 0.356 e. The summed E-state index contributed by atoms with van der Waals surface area (Å²) in [6.45, 7) is 7.73. The third-order valence-electron chi connectivity index (χ3n) is 4.83. The third kappa shape index (κ3) is 7.79. The predicted octanol–water partition coefficient (Wildman–Crippen LogP) is 2.36. The number of piperidine rings is 1. The summed E-state index contributed by atoms with van der Waals surface area (Å²) in [6, 6.07) is 8.28. The van der Waals surface area contributed by atoms with Crippen molar-refractivity contribution in [3.8, 4) is 0 Å². The minimum atomic E-state index is 0. The van der Waals surface area contributed by atoms with E-state index < -0.39 is 0 Å². The number of guanidine groups is 1. The molecule has 0 unspecified atom stereocenters. The van der Waals surface area contributed by atoms with Crippen LogP contribution in [0.15, 0.2) is 41.9 Å². The van der Waals surface area contributed by atoms with Crippen molar-refractivity contribution in [2.45, 2.75) is 25.3 Å². The molecule has 2 N–H and O–H groups in total. The summed E-state index contributed by atoms with van der Waals surface area (Å²) in [5, 5.41) is 6.91. The molecule has 2 rings (SSSR count). The molecule has 0 atom stereocenters. The zero-order chi connectivity index (χ0) is 19.6. The quantitative estimate of drug-likeness (QED) is 0.262. The lowest BCUT2D eigenvalue weighted by molar-refractivity contribution is 0.0827. The first-order valence-corrected chi connectivity index (χ1v) is 9.64. The summed E-state index contributed by atoms with van der Waals surface area (Å²) in [5.74, 6) is 0.878. The van der Waals surface area contributed by atoms with Crippen molar-refractivity contribution in [3.05, 3.63) is 48.0 Å². The molecule has 7 heteroatoms. The maximum Gasteiger partial charge on any atom is 0.253 e. The zero-order valence-corrected chi connectivity index (χ0v) is 19.6. The van der Waals surface area contributed by atoms with Gasteiger partial charge in [0.2, 0.25) is 0 Å². The standard InChI is InChI=1S/C21H33N5O.HI/c1-5-13-26-14-10-19(11-15-26)24-21(22-2)23-12-9-17-7-6-8-18(16-17)20(27)25(3)4;/h5-8,16,19H,1,9-15H2,2-4H3,(H2,22,23,24);1H. The van der Waals surface area contributed by atoms with E-state index in [4.69, 9.17) is 0 Å². The molecule has 6 nitrogen and oxygen atoms in total. The molecule has 0 aliphatic carbocycles. The number of nitrogens with zero attached hydrogens (tertiary/aromatic N) is 3. The molecular weight excluding hydrogens is 465 g/mol. The molecule has 1 saturated heterocycles. The second-order valence-electron chi connectivity index (χ2n) is 7.16. The molecule has 1 aliphatic rings. The molecule has 156 valence electrons. The minimum absolute atomic E-state index is 0. The van der Waals surface area contributed by atoms with E-state index in [2.05, 4.69) is 33.2 Å². The summed E-state index contributed by atoms with van der Waals surface area (Å²) >= 11 is 0. The second kappa shape index (κ2) is 12.8. The molecule has 0 bridgehead atoms. The molecule has 28 heavy (non-hydrogen) atoms.